The van der Waals surface area contributed by atoms with Gasteiger partial charge in [-0.05, 0) is 23.8 Å². The number of carbonyl (C=O) groups excluding carboxylic acids is 1. The summed E-state index contributed by atoms with van der Waals surface area (Å²) in [7, 11) is 0. The zero-order valence-electron chi connectivity index (χ0n) is 13.1. The van der Waals surface area contributed by atoms with E-state index in [4.69, 9.17) is 0 Å². The highest BCUT2D eigenvalue weighted by atomic mass is 32.1. The number of halogens is 1. The van der Waals surface area contributed by atoms with Crippen molar-refractivity contribution in [1.82, 2.24) is 20.3 Å². The monoisotopic (exact) mass is 358 g/mol. The van der Waals surface area contributed by atoms with E-state index in [-0.39, 0.29) is 0 Å². The number of rotatable bonds is 6. The van der Waals surface area contributed by atoms with Crippen LogP contribution in [0.25, 0.3) is 10.8 Å². The van der Waals surface area contributed by atoms with Gasteiger partial charge in [-0.2, -0.15) is 0 Å². The Bertz CT molecular complexity index is 839. The number of nitrogens with one attached hydrogen (secondary N) is 1. The predicted molar refractivity (Wildman–Crippen MR) is 91.2 cm³/mol. The molecule has 0 saturated heterocycles. The van der Waals surface area contributed by atoms with Gasteiger partial charge in [-0.3, -0.25) is 4.79 Å². The Labute approximate surface area is 147 Å². The largest absolute Gasteiger partial charge is 0.378 e. The van der Waals surface area contributed by atoms with E-state index < -0.39 is 17.8 Å². The molecular weight excluding hydrogens is 343 g/mol. The molecule has 2 N–H and O–H groups in total. The number of amides is 1. The summed E-state index contributed by atoms with van der Waals surface area (Å²) in [5.41, 5.74) is 1.15. The maximum atomic E-state index is 12.9. The molecule has 8 heteroatoms. The maximum Gasteiger partial charge on any atom is 0.253 e. The summed E-state index contributed by atoms with van der Waals surface area (Å²) in [4.78, 5) is 24.7. The topological polar surface area (TPSA) is 88.0 Å². The third-order valence-corrected chi connectivity index (χ3v) is 4.31. The first-order valence-corrected chi connectivity index (χ1v) is 8.44. The van der Waals surface area contributed by atoms with E-state index in [1.54, 1.807) is 18.5 Å². The van der Waals surface area contributed by atoms with Crippen molar-refractivity contribution in [3.8, 4) is 10.8 Å². The molecule has 0 bridgehead atoms. The maximum absolute atomic E-state index is 12.9. The van der Waals surface area contributed by atoms with Crippen LogP contribution in [-0.2, 0) is 11.2 Å². The Balaban J connectivity index is 1.52. The molecule has 1 aromatic carbocycles. The lowest BCUT2D eigenvalue weighted by Crippen LogP contribution is -2.31. The molecule has 25 heavy (non-hydrogen) atoms. The Kier molecular flexibility index (Phi) is 5.42. The smallest absolute Gasteiger partial charge is 0.253 e. The second kappa shape index (κ2) is 7.91. The van der Waals surface area contributed by atoms with Crippen molar-refractivity contribution in [2.75, 3.05) is 6.54 Å². The quantitative estimate of drug-likeness (QED) is 0.705. The molecule has 1 amide bonds. The number of aliphatic hydroxyl groups is 1. The highest BCUT2D eigenvalue weighted by molar-refractivity contribution is 7.13. The Morgan fingerprint density at radius 2 is 1.96 bits per heavy atom. The van der Waals surface area contributed by atoms with Gasteiger partial charge in [-0.1, -0.05) is 12.1 Å². The zero-order chi connectivity index (χ0) is 17.6. The van der Waals surface area contributed by atoms with Crippen molar-refractivity contribution >= 4 is 17.2 Å². The first-order chi connectivity index (χ1) is 12.1. The molecular formula is C17H15FN4O2S. The summed E-state index contributed by atoms with van der Waals surface area (Å²) < 4.78 is 12.9. The number of nitrogens with zero attached hydrogens (tertiary/aromatic N) is 3. The van der Waals surface area contributed by atoms with Crippen LogP contribution in [0.3, 0.4) is 0 Å². The number of benzene rings is 1. The van der Waals surface area contributed by atoms with Crippen LogP contribution >= 0.6 is 11.3 Å². The minimum atomic E-state index is -1.33. The lowest BCUT2D eigenvalue weighted by atomic mass is 10.1. The zero-order valence-corrected chi connectivity index (χ0v) is 13.9. The van der Waals surface area contributed by atoms with Crippen molar-refractivity contribution in [2.45, 2.75) is 12.5 Å². The number of carbonyl (C=O) groups is 1. The lowest BCUT2D eigenvalue weighted by molar-refractivity contribution is -0.129. The molecule has 2 heterocycles. The minimum absolute atomic E-state index is 0.329. The fourth-order valence-electron chi connectivity index (χ4n) is 2.14. The first kappa shape index (κ1) is 17.1. The van der Waals surface area contributed by atoms with Crippen LogP contribution in [-0.4, -0.2) is 32.5 Å². The average molecular weight is 358 g/mol. The van der Waals surface area contributed by atoms with E-state index in [2.05, 4.69) is 20.3 Å². The number of hydrogen-bond acceptors (Lipinski definition) is 6. The summed E-state index contributed by atoms with van der Waals surface area (Å²) in [5, 5.41) is 15.2. The van der Waals surface area contributed by atoms with E-state index >= 15 is 0 Å². The third kappa shape index (κ3) is 4.43. The van der Waals surface area contributed by atoms with E-state index in [1.165, 1.54) is 35.6 Å². The van der Waals surface area contributed by atoms with Crippen molar-refractivity contribution in [1.29, 1.82) is 0 Å². The molecule has 0 aliphatic carbocycles. The highest BCUT2D eigenvalue weighted by Gasteiger charge is 2.17. The summed E-state index contributed by atoms with van der Waals surface area (Å²) in [5.74, 6) is -0.388. The van der Waals surface area contributed by atoms with Crippen molar-refractivity contribution in [3.05, 3.63) is 65.2 Å². The summed E-state index contributed by atoms with van der Waals surface area (Å²) in [6.07, 6.45) is 2.50. The lowest BCUT2D eigenvalue weighted by Gasteiger charge is -2.11. The molecule has 1 atom stereocenters. The number of aliphatic hydroxyl groups excluding tert-OH is 1. The van der Waals surface area contributed by atoms with Gasteiger partial charge in [-0.25, -0.2) is 19.3 Å². The van der Waals surface area contributed by atoms with Gasteiger partial charge in [0, 0.05) is 30.7 Å². The van der Waals surface area contributed by atoms with Gasteiger partial charge in [-0.15, -0.1) is 11.3 Å². The van der Waals surface area contributed by atoms with Crippen molar-refractivity contribution in [3.63, 3.8) is 0 Å². The SMILES string of the molecule is O=C(NCCc1csc(-c2ncccn2)n1)[C@H](O)c1ccc(F)cc1. The summed E-state index contributed by atoms with van der Waals surface area (Å²) in [6, 6.07) is 6.90. The van der Waals surface area contributed by atoms with E-state index in [0.717, 1.165) is 5.69 Å². The molecule has 0 saturated carbocycles. The van der Waals surface area contributed by atoms with Gasteiger partial charge >= 0.3 is 0 Å². The Morgan fingerprint density at radius 1 is 1.24 bits per heavy atom. The van der Waals surface area contributed by atoms with Gasteiger partial charge in [0.1, 0.15) is 5.82 Å². The van der Waals surface area contributed by atoms with Crippen LogP contribution in [0.1, 0.15) is 17.4 Å². The summed E-state index contributed by atoms with van der Waals surface area (Å²) in [6.45, 7) is 0.329. The van der Waals surface area contributed by atoms with E-state index in [1.807, 2.05) is 5.38 Å². The van der Waals surface area contributed by atoms with E-state index in [9.17, 15) is 14.3 Å². The first-order valence-electron chi connectivity index (χ1n) is 7.56. The van der Waals surface area contributed by atoms with Crippen LogP contribution in [0.4, 0.5) is 4.39 Å². The van der Waals surface area contributed by atoms with Crippen LogP contribution in [0.5, 0.6) is 0 Å². The molecule has 0 unspecified atom stereocenters. The van der Waals surface area contributed by atoms with Crippen molar-refractivity contribution < 1.29 is 14.3 Å². The molecule has 0 aliphatic heterocycles. The molecule has 3 rings (SSSR count). The molecule has 0 spiro atoms. The molecule has 3 aromatic rings. The summed E-state index contributed by atoms with van der Waals surface area (Å²) >= 11 is 1.43. The molecule has 0 fully saturated rings. The minimum Gasteiger partial charge on any atom is -0.378 e. The van der Waals surface area contributed by atoms with Gasteiger partial charge in [0.2, 0.25) is 0 Å². The van der Waals surface area contributed by atoms with E-state index in [0.29, 0.717) is 29.4 Å². The Hall–Kier alpha value is -2.71. The second-order valence-electron chi connectivity index (χ2n) is 5.21. The molecule has 6 nitrogen and oxygen atoms in total. The number of thiazole rings is 1. The van der Waals surface area contributed by atoms with Crippen LogP contribution in [0.15, 0.2) is 48.1 Å². The normalized spacial score (nSPS) is 11.9. The highest BCUT2D eigenvalue weighted by Crippen LogP contribution is 2.19. The molecule has 0 aliphatic rings. The van der Waals surface area contributed by atoms with Crippen LogP contribution in [0, 0.1) is 5.82 Å². The predicted octanol–water partition coefficient (Wildman–Crippen LogP) is 2.13. The van der Waals surface area contributed by atoms with Gasteiger partial charge in [0.05, 0.1) is 5.69 Å². The molecule has 0 radical (unpaired) electrons. The van der Waals surface area contributed by atoms with Gasteiger partial charge in [0.15, 0.2) is 16.9 Å². The number of aromatic nitrogens is 3. The van der Waals surface area contributed by atoms with Crippen LogP contribution in [0.2, 0.25) is 0 Å². The van der Waals surface area contributed by atoms with Gasteiger partial charge in [0.25, 0.3) is 5.91 Å². The van der Waals surface area contributed by atoms with Crippen molar-refractivity contribution in [2.24, 2.45) is 0 Å². The second-order valence-corrected chi connectivity index (χ2v) is 6.07. The standard InChI is InChI=1S/C17H15FN4O2S/c18-12-4-2-11(3-5-12)14(23)16(24)21-9-6-13-10-25-17(22-13)15-19-7-1-8-20-15/h1-5,7-8,10,14,23H,6,9H2,(H,21,24)/t14-/m1/s1. The molecule has 2 aromatic heterocycles. The fourth-order valence-corrected chi connectivity index (χ4v) is 2.94. The van der Waals surface area contributed by atoms with Crippen LogP contribution < -0.4 is 5.32 Å². The fraction of sp³-hybridized carbons (Fsp3) is 0.176. The molecule has 128 valence electrons. The Morgan fingerprint density at radius 3 is 2.68 bits per heavy atom. The third-order valence-electron chi connectivity index (χ3n) is 3.42. The van der Waals surface area contributed by atoms with Gasteiger partial charge < -0.3 is 10.4 Å². The number of hydrogen-bond donors (Lipinski definition) is 2. The average Bonchev–Trinajstić information content (AvgIpc) is 3.11.